The summed E-state index contributed by atoms with van der Waals surface area (Å²) in [5.74, 6) is -1.32. The third-order valence-corrected chi connectivity index (χ3v) is 3.27. The first-order chi connectivity index (χ1) is 11.0. The van der Waals surface area contributed by atoms with E-state index in [1.165, 1.54) is 20.2 Å². The number of hydrogen-bond acceptors (Lipinski definition) is 5. The summed E-state index contributed by atoms with van der Waals surface area (Å²) in [5, 5.41) is 22.1. The number of methoxy groups -OCH3 is 1. The topological polar surface area (TPSA) is 109 Å². The second-order valence-corrected chi connectivity index (χ2v) is 4.69. The minimum atomic E-state index is -1.23. The normalized spacial score (nSPS) is 11.6. The number of carboxylic acid groups (broad SMARTS) is 1. The van der Waals surface area contributed by atoms with E-state index >= 15 is 0 Å². The summed E-state index contributed by atoms with van der Waals surface area (Å²) >= 11 is 0. The Bertz CT molecular complexity index is 745. The van der Waals surface area contributed by atoms with Gasteiger partial charge in [-0.1, -0.05) is 18.2 Å². The number of carbonyl (C=O) groups is 2. The van der Waals surface area contributed by atoms with Gasteiger partial charge in [-0.2, -0.15) is 0 Å². The van der Waals surface area contributed by atoms with Crippen LogP contribution in [0.3, 0.4) is 0 Å². The fraction of sp³-hybridized carbons (Fsp3) is 0.188. The van der Waals surface area contributed by atoms with Gasteiger partial charge in [0.25, 0.3) is 5.91 Å². The Morgan fingerprint density at radius 3 is 2.57 bits per heavy atom. The molecule has 23 heavy (non-hydrogen) atoms. The molecule has 120 valence electrons. The number of aliphatic hydroxyl groups excluding tert-OH is 1. The van der Waals surface area contributed by atoms with Crippen molar-refractivity contribution in [2.24, 2.45) is 0 Å². The highest BCUT2D eigenvalue weighted by Gasteiger charge is 2.21. The molecule has 1 atom stereocenters. The van der Waals surface area contributed by atoms with Crippen LogP contribution in [-0.4, -0.2) is 41.2 Å². The summed E-state index contributed by atoms with van der Waals surface area (Å²) in [6, 6.07) is 9.14. The van der Waals surface area contributed by atoms with E-state index in [-0.39, 0.29) is 17.0 Å². The monoisotopic (exact) mass is 316 g/mol. The van der Waals surface area contributed by atoms with Crippen LogP contribution in [0.15, 0.2) is 36.4 Å². The summed E-state index contributed by atoms with van der Waals surface area (Å²) in [4.78, 5) is 27.0. The summed E-state index contributed by atoms with van der Waals surface area (Å²) in [5.41, 5.74) is 0.250. The molecule has 1 aromatic heterocycles. The molecule has 1 aromatic carbocycles. The molecule has 0 fully saturated rings. The van der Waals surface area contributed by atoms with Gasteiger partial charge in [0.1, 0.15) is 17.5 Å². The number of benzene rings is 1. The standard InChI is InChI=1S/C16H16N2O5/c1-17-15(20)12-8-9(16(21)22)7-11(18-12)14(19)10-5-3-4-6-13(10)23-2/h3-8,14,19H,1-2H3,(H,17,20)(H,21,22). The van der Waals surface area contributed by atoms with Crippen molar-refractivity contribution in [3.63, 3.8) is 0 Å². The van der Waals surface area contributed by atoms with Gasteiger partial charge in [-0.25, -0.2) is 9.78 Å². The summed E-state index contributed by atoms with van der Waals surface area (Å²) in [6.45, 7) is 0. The number of pyridine rings is 1. The summed E-state index contributed by atoms with van der Waals surface area (Å²) in [6.07, 6.45) is -1.23. The van der Waals surface area contributed by atoms with Crippen LogP contribution in [0.5, 0.6) is 5.75 Å². The van der Waals surface area contributed by atoms with Crippen LogP contribution in [0.2, 0.25) is 0 Å². The Labute approximate surface area is 132 Å². The third kappa shape index (κ3) is 3.46. The maximum atomic E-state index is 11.7. The molecule has 0 saturated heterocycles. The smallest absolute Gasteiger partial charge is 0.335 e. The molecule has 0 aliphatic rings. The van der Waals surface area contributed by atoms with Crippen molar-refractivity contribution in [2.45, 2.75) is 6.10 Å². The highest BCUT2D eigenvalue weighted by molar-refractivity contribution is 5.95. The van der Waals surface area contributed by atoms with Crippen molar-refractivity contribution >= 4 is 11.9 Å². The van der Waals surface area contributed by atoms with Gasteiger partial charge in [-0.3, -0.25) is 4.79 Å². The number of nitrogens with zero attached hydrogens (tertiary/aromatic N) is 1. The lowest BCUT2D eigenvalue weighted by atomic mass is 10.0. The Morgan fingerprint density at radius 1 is 1.26 bits per heavy atom. The average molecular weight is 316 g/mol. The van der Waals surface area contributed by atoms with E-state index in [9.17, 15) is 19.8 Å². The van der Waals surface area contributed by atoms with Crippen molar-refractivity contribution in [1.29, 1.82) is 0 Å². The Kier molecular flexibility index (Phi) is 4.92. The van der Waals surface area contributed by atoms with Gasteiger partial charge in [0, 0.05) is 12.6 Å². The molecule has 0 bridgehead atoms. The molecule has 0 aliphatic heterocycles. The first-order valence-corrected chi connectivity index (χ1v) is 6.76. The van der Waals surface area contributed by atoms with Crippen LogP contribution in [-0.2, 0) is 0 Å². The van der Waals surface area contributed by atoms with E-state index in [1.54, 1.807) is 24.3 Å². The molecule has 0 spiro atoms. The maximum Gasteiger partial charge on any atom is 0.335 e. The molecule has 2 rings (SSSR count). The minimum absolute atomic E-state index is 0.0491. The van der Waals surface area contributed by atoms with Crippen molar-refractivity contribution < 1.29 is 24.5 Å². The molecule has 0 saturated carbocycles. The Hall–Kier alpha value is -2.93. The molecule has 1 unspecified atom stereocenters. The number of amides is 1. The van der Waals surface area contributed by atoms with E-state index in [4.69, 9.17) is 4.74 Å². The molecular formula is C16H16N2O5. The summed E-state index contributed by atoms with van der Waals surface area (Å²) in [7, 11) is 2.87. The molecule has 0 aliphatic carbocycles. The number of rotatable bonds is 5. The number of aromatic nitrogens is 1. The largest absolute Gasteiger partial charge is 0.496 e. The predicted molar refractivity (Wildman–Crippen MR) is 81.6 cm³/mol. The van der Waals surface area contributed by atoms with Crippen molar-refractivity contribution in [3.8, 4) is 5.75 Å². The molecule has 7 heteroatoms. The molecule has 2 aromatic rings. The third-order valence-electron chi connectivity index (χ3n) is 3.27. The molecule has 1 amide bonds. The average Bonchev–Trinajstić information content (AvgIpc) is 2.59. The Morgan fingerprint density at radius 2 is 1.96 bits per heavy atom. The van der Waals surface area contributed by atoms with Crippen LogP contribution < -0.4 is 10.1 Å². The van der Waals surface area contributed by atoms with Gasteiger partial charge in [-0.15, -0.1) is 0 Å². The number of para-hydroxylation sites is 1. The van der Waals surface area contributed by atoms with Crippen LogP contribution in [0.1, 0.15) is 38.2 Å². The number of aliphatic hydroxyl groups is 1. The molecule has 3 N–H and O–H groups in total. The van der Waals surface area contributed by atoms with E-state index in [2.05, 4.69) is 10.3 Å². The van der Waals surface area contributed by atoms with Crippen LogP contribution in [0.4, 0.5) is 0 Å². The second kappa shape index (κ2) is 6.89. The molecule has 7 nitrogen and oxygen atoms in total. The number of hydrogen-bond donors (Lipinski definition) is 3. The van der Waals surface area contributed by atoms with E-state index in [1.807, 2.05) is 0 Å². The fourth-order valence-electron chi connectivity index (χ4n) is 2.11. The lowest BCUT2D eigenvalue weighted by molar-refractivity contribution is 0.0696. The van der Waals surface area contributed by atoms with Gasteiger partial charge in [0.15, 0.2) is 0 Å². The molecule has 1 heterocycles. The van der Waals surface area contributed by atoms with Crippen LogP contribution >= 0.6 is 0 Å². The zero-order valence-corrected chi connectivity index (χ0v) is 12.6. The lowest BCUT2D eigenvalue weighted by Crippen LogP contribution is -2.21. The lowest BCUT2D eigenvalue weighted by Gasteiger charge is -2.15. The van der Waals surface area contributed by atoms with Gasteiger partial charge in [0.2, 0.25) is 0 Å². The van der Waals surface area contributed by atoms with E-state index in [0.29, 0.717) is 11.3 Å². The molecule has 0 radical (unpaired) electrons. The fourth-order valence-corrected chi connectivity index (χ4v) is 2.11. The van der Waals surface area contributed by atoms with Gasteiger partial charge >= 0.3 is 5.97 Å². The van der Waals surface area contributed by atoms with Gasteiger partial charge < -0.3 is 20.3 Å². The minimum Gasteiger partial charge on any atom is -0.496 e. The number of carboxylic acids is 1. The first-order valence-electron chi connectivity index (χ1n) is 6.76. The van der Waals surface area contributed by atoms with Crippen LogP contribution in [0, 0.1) is 0 Å². The molecular weight excluding hydrogens is 300 g/mol. The SMILES string of the molecule is CNC(=O)c1cc(C(=O)O)cc(C(O)c2ccccc2OC)n1. The van der Waals surface area contributed by atoms with Crippen LogP contribution in [0.25, 0.3) is 0 Å². The highest BCUT2D eigenvalue weighted by atomic mass is 16.5. The second-order valence-electron chi connectivity index (χ2n) is 4.69. The predicted octanol–water partition coefficient (Wildman–Crippen LogP) is 1.23. The van der Waals surface area contributed by atoms with Crippen molar-refractivity contribution in [3.05, 3.63) is 58.9 Å². The zero-order valence-electron chi connectivity index (χ0n) is 12.6. The zero-order chi connectivity index (χ0) is 17.0. The van der Waals surface area contributed by atoms with Gasteiger partial charge in [-0.05, 0) is 18.2 Å². The number of carbonyl (C=O) groups excluding carboxylic acids is 1. The van der Waals surface area contributed by atoms with Crippen molar-refractivity contribution in [2.75, 3.05) is 14.2 Å². The highest BCUT2D eigenvalue weighted by Crippen LogP contribution is 2.29. The van der Waals surface area contributed by atoms with E-state index in [0.717, 1.165) is 6.07 Å². The van der Waals surface area contributed by atoms with E-state index < -0.39 is 18.0 Å². The van der Waals surface area contributed by atoms with Crippen molar-refractivity contribution in [1.82, 2.24) is 10.3 Å². The first kappa shape index (κ1) is 16.4. The summed E-state index contributed by atoms with van der Waals surface area (Å²) < 4.78 is 5.18. The van der Waals surface area contributed by atoms with Gasteiger partial charge in [0.05, 0.1) is 18.4 Å². The number of ether oxygens (including phenoxy) is 1. The maximum absolute atomic E-state index is 11.7. The quantitative estimate of drug-likeness (QED) is 0.765. The number of aromatic carboxylic acids is 1. The number of nitrogens with one attached hydrogen (secondary N) is 1. The Balaban J connectivity index is 2.55.